The van der Waals surface area contributed by atoms with Crippen molar-refractivity contribution in [1.82, 2.24) is 10.2 Å². The Morgan fingerprint density at radius 2 is 2.20 bits per heavy atom. The SMILES string of the molecule is Cc1[nH]nc2c1[C@@H](c1cccc(F)c1)S[C@@H](C)C(=O)N2. The Morgan fingerprint density at radius 1 is 1.40 bits per heavy atom. The van der Waals surface area contributed by atoms with Crippen molar-refractivity contribution in [3.63, 3.8) is 0 Å². The molecule has 0 saturated heterocycles. The molecule has 1 aromatic heterocycles. The van der Waals surface area contributed by atoms with Crippen LogP contribution in [0.3, 0.4) is 0 Å². The van der Waals surface area contributed by atoms with Crippen molar-refractivity contribution < 1.29 is 9.18 Å². The number of halogens is 1. The molecule has 1 aliphatic rings. The lowest BCUT2D eigenvalue weighted by atomic mass is 10.0. The quantitative estimate of drug-likeness (QED) is 0.849. The van der Waals surface area contributed by atoms with E-state index in [4.69, 9.17) is 0 Å². The molecule has 0 unspecified atom stereocenters. The summed E-state index contributed by atoms with van der Waals surface area (Å²) in [5, 5.41) is 9.49. The van der Waals surface area contributed by atoms with E-state index in [1.165, 1.54) is 23.9 Å². The third-order valence-corrected chi connectivity index (χ3v) is 4.76. The first-order chi connectivity index (χ1) is 9.56. The first kappa shape index (κ1) is 13.2. The van der Waals surface area contributed by atoms with Gasteiger partial charge in [0, 0.05) is 11.3 Å². The molecule has 104 valence electrons. The zero-order chi connectivity index (χ0) is 14.3. The number of H-pyrrole nitrogens is 1. The van der Waals surface area contributed by atoms with Gasteiger partial charge in [0.1, 0.15) is 5.82 Å². The number of aryl methyl sites for hydroxylation is 1. The van der Waals surface area contributed by atoms with Crippen LogP contribution in [0.25, 0.3) is 0 Å². The lowest BCUT2D eigenvalue weighted by molar-refractivity contribution is -0.115. The molecule has 0 saturated carbocycles. The molecule has 1 aliphatic heterocycles. The van der Waals surface area contributed by atoms with Crippen molar-refractivity contribution in [3.8, 4) is 0 Å². The minimum atomic E-state index is -0.276. The average Bonchev–Trinajstić information content (AvgIpc) is 2.70. The van der Waals surface area contributed by atoms with Crippen LogP contribution in [0, 0.1) is 12.7 Å². The highest BCUT2D eigenvalue weighted by Crippen LogP contribution is 2.44. The lowest BCUT2D eigenvalue weighted by Gasteiger charge is -2.17. The van der Waals surface area contributed by atoms with E-state index in [2.05, 4.69) is 15.5 Å². The van der Waals surface area contributed by atoms with Crippen LogP contribution in [-0.2, 0) is 4.79 Å². The van der Waals surface area contributed by atoms with Gasteiger partial charge in [-0.15, -0.1) is 11.8 Å². The third-order valence-electron chi connectivity index (χ3n) is 3.36. The van der Waals surface area contributed by atoms with Crippen LogP contribution in [0.1, 0.15) is 29.0 Å². The summed E-state index contributed by atoms with van der Waals surface area (Å²) in [4.78, 5) is 12.0. The first-order valence-corrected chi connectivity index (χ1v) is 7.27. The second-order valence-electron chi connectivity index (χ2n) is 4.81. The number of carbonyl (C=O) groups excluding carboxylic acids is 1. The van der Waals surface area contributed by atoms with Crippen molar-refractivity contribution in [2.75, 3.05) is 5.32 Å². The van der Waals surface area contributed by atoms with Crippen molar-refractivity contribution in [2.45, 2.75) is 24.3 Å². The summed E-state index contributed by atoms with van der Waals surface area (Å²) in [6.45, 7) is 3.75. The number of nitrogens with zero attached hydrogens (tertiary/aromatic N) is 1. The molecule has 20 heavy (non-hydrogen) atoms. The number of hydrogen-bond donors (Lipinski definition) is 2. The van der Waals surface area contributed by atoms with E-state index in [0.29, 0.717) is 5.82 Å². The van der Waals surface area contributed by atoms with Gasteiger partial charge in [0.05, 0.1) is 10.5 Å². The zero-order valence-corrected chi connectivity index (χ0v) is 11.9. The molecule has 2 atom stereocenters. The van der Waals surface area contributed by atoms with Gasteiger partial charge in [-0.2, -0.15) is 5.10 Å². The second kappa shape index (κ2) is 4.94. The molecular formula is C14H14FN3OS. The van der Waals surface area contributed by atoms with E-state index in [0.717, 1.165) is 16.8 Å². The summed E-state index contributed by atoms with van der Waals surface area (Å²) in [7, 11) is 0. The summed E-state index contributed by atoms with van der Waals surface area (Å²) in [5.41, 5.74) is 2.64. The van der Waals surface area contributed by atoms with Gasteiger partial charge in [0.15, 0.2) is 5.82 Å². The number of carbonyl (C=O) groups is 1. The molecule has 0 bridgehead atoms. The summed E-state index contributed by atoms with van der Waals surface area (Å²) < 4.78 is 13.5. The highest BCUT2D eigenvalue weighted by atomic mass is 32.2. The van der Waals surface area contributed by atoms with Crippen LogP contribution < -0.4 is 5.32 Å². The molecule has 2 aromatic rings. The monoisotopic (exact) mass is 291 g/mol. The topological polar surface area (TPSA) is 57.8 Å². The number of amides is 1. The number of fused-ring (bicyclic) bond motifs is 1. The van der Waals surface area contributed by atoms with E-state index in [-0.39, 0.29) is 22.2 Å². The van der Waals surface area contributed by atoms with E-state index < -0.39 is 0 Å². The Labute approximate surface area is 120 Å². The highest BCUT2D eigenvalue weighted by Gasteiger charge is 2.32. The summed E-state index contributed by atoms with van der Waals surface area (Å²) >= 11 is 1.50. The zero-order valence-electron chi connectivity index (χ0n) is 11.1. The van der Waals surface area contributed by atoms with Crippen LogP contribution in [0.4, 0.5) is 10.2 Å². The largest absolute Gasteiger partial charge is 0.308 e. The Morgan fingerprint density at radius 3 is 2.95 bits per heavy atom. The number of hydrogen-bond acceptors (Lipinski definition) is 3. The predicted octanol–water partition coefficient (Wildman–Crippen LogP) is 3.02. The first-order valence-electron chi connectivity index (χ1n) is 6.33. The normalized spacial score (nSPS) is 22.1. The smallest absolute Gasteiger partial charge is 0.238 e. The van der Waals surface area contributed by atoms with Crippen LogP contribution in [0.5, 0.6) is 0 Å². The molecule has 2 N–H and O–H groups in total. The van der Waals surface area contributed by atoms with Crippen molar-refractivity contribution >= 4 is 23.5 Å². The molecule has 1 aromatic carbocycles. The molecule has 6 heteroatoms. The minimum absolute atomic E-state index is 0.0818. The number of thioether (sulfide) groups is 1. The van der Waals surface area contributed by atoms with Crippen molar-refractivity contribution in [1.29, 1.82) is 0 Å². The third kappa shape index (κ3) is 2.20. The molecule has 2 heterocycles. The van der Waals surface area contributed by atoms with Gasteiger partial charge in [-0.3, -0.25) is 9.89 Å². The molecule has 3 rings (SSSR count). The molecule has 0 spiro atoms. The van der Waals surface area contributed by atoms with Gasteiger partial charge in [-0.25, -0.2) is 4.39 Å². The highest BCUT2D eigenvalue weighted by molar-refractivity contribution is 8.01. The maximum Gasteiger partial charge on any atom is 0.238 e. The predicted molar refractivity (Wildman–Crippen MR) is 77.3 cm³/mol. The number of nitrogens with one attached hydrogen (secondary N) is 2. The van der Waals surface area contributed by atoms with Crippen LogP contribution >= 0.6 is 11.8 Å². The fourth-order valence-electron chi connectivity index (χ4n) is 2.32. The fraction of sp³-hybridized carbons (Fsp3) is 0.286. The maximum atomic E-state index is 13.5. The molecule has 0 fully saturated rings. The van der Waals surface area contributed by atoms with Crippen molar-refractivity contribution in [2.24, 2.45) is 0 Å². The number of aromatic nitrogens is 2. The standard InChI is InChI=1S/C14H14FN3OS/c1-7-11-12(9-4-3-5-10(15)6-9)20-8(2)14(19)16-13(11)18-17-7/h3-6,8,12H,1-2H3,(H2,16,17,18,19)/t8-,12+/m0/s1. The summed E-state index contributed by atoms with van der Waals surface area (Å²) in [5.74, 6) is 0.183. The Hall–Kier alpha value is -1.82. The number of aromatic amines is 1. The van der Waals surface area contributed by atoms with Crippen LogP contribution in [0.15, 0.2) is 24.3 Å². The molecule has 1 amide bonds. The Bertz CT molecular complexity index is 670. The van der Waals surface area contributed by atoms with Gasteiger partial charge in [0.2, 0.25) is 5.91 Å². The number of anilines is 1. The second-order valence-corrected chi connectivity index (χ2v) is 6.26. The maximum absolute atomic E-state index is 13.5. The van der Waals surface area contributed by atoms with Gasteiger partial charge in [0.25, 0.3) is 0 Å². The summed E-state index contributed by atoms with van der Waals surface area (Å²) in [6.07, 6.45) is 0. The van der Waals surface area contributed by atoms with E-state index in [9.17, 15) is 9.18 Å². The van der Waals surface area contributed by atoms with Gasteiger partial charge >= 0.3 is 0 Å². The van der Waals surface area contributed by atoms with Gasteiger partial charge in [-0.1, -0.05) is 12.1 Å². The Kier molecular flexibility index (Phi) is 3.25. The molecular weight excluding hydrogens is 277 g/mol. The van der Waals surface area contributed by atoms with E-state index >= 15 is 0 Å². The molecule has 0 radical (unpaired) electrons. The minimum Gasteiger partial charge on any atom is -0.308 e. The van der Waals surface area contributed by atoms with Gasteiger partial charge < -0.3 is 5.32 Å². The molecule has 4 nitrogen and oxygen atoms in total. The van der Waals surface area contributed by atoms with E-state index in [1.54, 1.807) is 6.07 Å². The van der Waals surface area contributed by atoms with E-state index in [1.807, 2.05) is 19.9 Å². The van der Waals surface area contributed by atoms with Gasteiger partial charge in [-0.05, 0) is 31.5 Å². The van der Waals surface area contributed by atoms with Crippen molar-refractivity contribution in [3.05, 3.63) is 46.9 Å². The summed E-state index contributed by atoms with van der Waals surface area (Å²) in [6, 6.07) is 6.49. The Balaban J connectivity index is 2.13. The number of benzene rings is 1. The number of rotatable bonds is 1. The average molecular weight is 291 g/mol. The lowest BCUT2D eigenvalue weighted by Crippen LogP contribution is -2.21. The van der Waals surface area contributed by atoms with Crippen LogP contribution in [0.2, 0.25) is 0 Å². The fourth-order valence-corrected chi connectivity index (χ4v) is 3.64. The molecule has 0 aliphatic carbocycles. The van der Waals surface area contributed by atoms with Crippen LogP contribution in [-0.4, -0.2) is 21.4 Å².